The van der Waals surface area contributed by atoms with E-state index < -0.39 is 0 Å². The maximum absolute atomic E-state index is 6.77. The fourth-order valence-electron chi connectivity index (χ4n) is 9.09. The summed E-state index contributed by atoms with van der Waals surface area (Å²) in [6, 6.07) is 61.2. The number of hydrogen-bond donors (Lipinski definition) is 0. The first-order valence-electron chi connectivity index (χ1n) is 19.1. The molecule has 4 heterocycles. The molecule has 0 bridgehead atoms. The molecular formula is C52H29NO4. The number of benzene rings is 9. The summed E-state index contributed by atoms with van der Waals surface area (Å²) in [5.41, 5.74) is 12.0. The number of anilines is 3. The van der Waals surface area contributed by atoms with Gasteiger partial charge in [-0.3, -0.25) is 0 Å². The highest BCUT2D eigenvalue weighted by molar-refractivity contribution is 6.31. The van der Waals surface area contributed by atoms with Crippen LogP contribution < -0.4 is 4.90 Å². The molecule has 266 valence electrons. The lowest BCUT2D eigenvalue weighted by atomic mass is 9.97. The van der Waals surface area contributed by atoms with Crippen LogP contribution in [0.15, 0.2) is 194 Å². The van der Waals surface area contributed by atoms with Crippen molar-refractivity contribution >= 4 is 116 Å². The average Bonchev–Trinajstić information content (AvgIpc) is 4.03. The molecule has 0 N–H and O–H groups in total. The van der Waals surface area contributed by atoms with Crippen LogP contribution in [-0.4, -0.2) is 0 Å². The molecule has 57 heavy (non-hydrogen) atoms. The van der Waals surface area contributed by atoms with Crippen LogP contribution in [0.4, 0.5) is 17.1 Å². The summed E-state index contributed by atoms with van der Waals surface area (Å²) in [5.74, 6) is 0. The van der Waals surface area contributed by atoms with Gasteiger partial charge in [0.15, 0.2) is 0 Å². The summed E-state index contributed by atoms with van der Waals surface area (Å²) in [7, 11) is 0. The number of fused-ring (bicyclic) bond motifs is 15. The van der Waals surface area contributed by atoms with Crippen molar-refractivity contribution < 1.29 is 17.7 Å². The van der Waals surface area contributed by atoms with Crippen LogP contribution in [0.1, 0.15) is 0 Å². The van der Waals surface area contributed by atoms with E-state index in [1.54, 1.807) is 0 Å². The smallest absolute Gasteiger partial charge is 0.143 e. The lowest BCUT2D eigenvalue weighted by Crippen LogP contribution is -2.09. The van der Waals surface area contributed by atoms with E-state index in [2.05, 4.69) is 144 Å². The molecule has 0 saturated carbocycles. The highest BCUT2D eigenvalue weighted by Crippen LogP contribution is 2.45. The van der Waals surface area contributed by atoms with Gasteiger partial charge in [-0.25, -0.2) is 0 Å². The summed E-state index contributed by atoms with van der Waals surface area (Å²) >= 11 is 0. The van der Waals surface area contributed by atoms with Gasteiger partial charge in [0.05, 0.1) is 0 Å². The lowest BCUT2D eigenvalue weighted by Gasteiger charge is -2.25. The zero-order valence-electron chi connectivity index (χ0n) is 30.3. The van der Waals surface area contributed by atoms with Gasteiger partial charge >= 0.3 is 0 Å². The molecule has 0 saturated heterocycles. The molecule has 13 rings (SSSR count). The van der Waals surface area contributed by atoms with E-state index in [-0.39, 0.29) is 0 Å². The van der Waals surface area contributed by atoms with Crippen molar-refractivity contribution in [1.82, 2.24) is 0 Å². The number of hydrogen-bond acceptors (Lipinski definition) is 5. The molecule has 0 aliphatic heterocycles. The molecular weight excluding hydrogens is 703 g/mol. The SMILES string of the molecule is c1ccc2c(c1)oc1cc(N(c3ccc(-c4cccc5c4oc4ccc6ccc7oc8ccccc8c7c6c45)cc3)c3ccc4c(c3)oc3ccccc34)ccc12. The second-order valence-corrected chi connectivity index (χ2v) is 14.8. The zero-order chi connectivity index (χ0) is 37.2. The number of rotatable bonds is 4. The maximum Gasteiger partial charge on any atom is 0.143 e. The van der Waals surface area contributed by atoms with Crippen molar-refractivity contribution in [3.8, 4) is 11.1 Å². The van der Waals surface area contributed by atoms with Gasteiger partial charge in [-0.05, 0) is 77.7 Å². The standard InChI is InChI=1S/C52H29NO4/c1-4-13-42-36(8-1)38-24-22-33(28-47(38)55-42)53(34-23-25-39-37-9-2-5-14-43(37)56-48(39)29-34)32-20-16-30(17-21-32)35-11-7-12-41-51-46(57-52(35)41)27-19-31-18-26-45-50(49(31)51)40-10-3-6-15-44(40)54-45/h1-29H. The summed E-state index contributed by atoms with van der Waals surface area (Å²) < 4.78 is 25.8. The number of para-hydroxylation sites is 4. The van der Waals surface area contributed by atoms with Crippen LogP contribution in [0, 0.1) is 0 Å². The molecule has 0 atom stereocenters. The molecule has 0 aliphatic rings. The Morgan fingerprint density at radius 2 is 0.789 bits per heavy atom. The normalized spacial score (nSPS) is 12.2. The molecule has 0 amide bonds. The van der Waals surface area contributed by atoms with E-state index in [0.29, 0.717) is 0 Å². The molecule has 0 spiro atoms. The predicted molar refractivity (Wildman–Crippen MR) is 233 cm³/mol. The van der Waals surface area contributed by atoms with E-state index in [1.807, 2.05) is 36.4 Å². The fraction of sp³-hybridized carbons (Fsp3) is 0. The molecule has 13 aromatic rings. The van der Waals surface area contributed by atoms with Gasteiger partial charge in [0.2, 0.25) is 0 Å². The van der Waals surface area contributed by atoms with Crippen LogP contribution in [-0.2, 0) is 0 Å². The molecule has 4 aromatic heterocycles. The molecule has 0 radical (unpaired) electrons. The van der Waals surface area contributed by atoms with Gasteiger partial charge < -0.3 is 22.6 Å². The van der Waals surface area contributed by atoms with Gasteiger partial charge in [0, 0.05) is 83.2 Å². The third-order valence-electron chi connectivity index (χ3n) is 11.7. The minimum atomic E-state index is 0.838. The second kappa shape index (κ2) is 11.4. The summed E-state index contributed by atoms with van der Waals surface area (Å²) in [5, 5.41) is 11.1. The van der Waals surface area contributed by atoms with Crippen LogP contribution in [0.3, 0.4) is 0 Å². The first-order valence-corrected chi connectivity index (χ1v) is 19.1. The molecule has 9 aromatic carbocycles. The van der Waals surface area contributed by atoms with E-state index in [9.17, 15) is 0 Å². The van der Waals surface area contributed by atoms with Gasteiger partial charge in [0.1, 0.15) is 44.7 Å². The molecule has 0 fully saturated rings. The molecule has 0 unspecified atom stereocenters. The minimum Gasteiger partial charge on any atom is -0.456 e. The van der Waals surface area contributed by atoms with Crippen molar-refractivity contribution in [1.29, 1.82) is 0 Å². The predicted octanol–water partition coefficient (Wildman–Crippen LogP) is 15.6. The van der Waals surface area contributed by atoms with Crippen LogP contribution in [0.5, 0.6) is 0 Å². The van der Waals surface area contributed by atoms with E-state index in [0.717, 1.165) is 127 Å². The van der Waals surface area contributed by atoms with Crippen molar-refractivity contribution in [2.75, 3.05) is 4.90 Å². The lowest BCUT2D eigenvalue weighted by molar-refractivity contribution is 0.668. The van der Waals surface area contributed by atoms with Crippen LogP contribution >= 0.6 is 0 Å². The average molecular weight is 732 g/mol. The Hall–Kier alpha value is -7.76. The fourth-order valence-corrected chi connectivity index (χ4v) is 9.09. The Morgan fingerprint density at radius 3 is 1.44 bits per heavy atom. The third-order valence-corrected chi connectivity index (χ3v) is 11.7. The highest BCUT2D eigenvalue weighted by atomic mass is 16.3. The Labute approximate surface area is 324 Å². The summed E-state index contributed by atoms with van der Waals surface area (Å²) in [6.45, 7) is 0. The van der Waals surface area contributed by atoms with E-state index in [4.69, 9.17) is 17.7 Å². The zero-order valence-corrected chi connectivity index (χ0v) is 30.3. The first kappa shape index (κ1) is 30.6. The number of nitrogens with zero attached hydrogens (tertiary/aromatic N) is 1. The quantitative estimate of drug-likeness (QED) is 0.180. The second-order valence-electron chi connectivity index (χ2n) is 14.8. The minimum absolute atomic E-state index is 0.838. The van der Waals surface area contributed by atoms with Gasteiger partial charge in [-0.1, -0.05) is 97.1 Å². The van der Waals surface area contributed by atoms with Crippen molar-refractivity contribution in [2.24, 2.45) is 0 Å². The van der Waals surface area contributed by atoms with E-state index in [1.165, 1.54) is 0 Å². The van der Waals surface area contributed by atoms with Gasteiger partial charge in [-0.15, -0.1) is 0 Å². The van der Waals surface area contributed by atoms with Crippen LogP contribution in [0.2, 0.25) is 0 Å². The van der Waals surface area contributed by atoms with Gasteiger partial charge in [-0.2, -0.15) is 0 Å². The maximum atomic E-state index is 6.77. The van der Waals surface area contributed by atoms with Crippen LogP contribution in [0.25, 0.3) is 110 Å². The third kappa shape index (κ3) is 4.39. The molecule has 0 aliphatic carbocycles. The highest BCUT2D eigenvalue weighted by Gasteiger charge is 2.21. The van der Waals surface area contributed by atoms with Crippen molar-refractivity contribution in [3.05, 3.63) is 176 Å². The Balaban J connectivity index is 0.979. The topological polar surface area (TPSA) is 55.8 Å². The summed E-state index contributed by atoms with van der Waals surface area (Å²) in [6.07, 6.45) is 0. The van der Waals surface area contributed by atoms with Crippen molar-refractivity contribution in [3.63, 3.8) is 0 Å². The molecule has 5 nitrogen and oxygen atoms in total. The van der Waals surface area contributed by atoms with E-state index >= 15 is 0 Å². The largest absolute Gasteiger partial charge is 0.456 e. The Bertz CT molecular complexity index is 3650. The Morgan fingerprint density at radius 1 is 0.298 bits per heavy atom. The number of furan rings is 4. The summed E-state index contributed by atoms with van der Waals surface area (Å²) in [4.78, 5) is 2.26. The Kier molecular flexibility index (Phi) is 6.10. The van der Waals surface area contributed by atoms with Crippen molar-refractivity contribution in [2.45, 2.75) is 0 Å². The first-order chi connectivity index (χ1) is 28.2. The monoisotopic (exact) mass is 731 g/mol. The molecule has 5 heteroatoms. The van der Waals surface area contributed by atoms with Gasteiger partial charge in [0.25, 0.3) is 0 Å².